The van der Waals surface area contributed by atoms with Crippen LogP contribution in [-0.4, -0.2) is 0 Å². The van der Waals surface area contributed by atoms with Gasteiger partial charge in [0.2, 0.25) is 0 Å². The SMILES string of the molecule is CC(C)CC1=Cc2c(ccc3ccccc23)[CH]1[Hf+2]1([CH]2C(CC(C)C)=Cc3c2ccc2ccccc32)[CH2][CH2]1.[Cl-].[Cl-]. The molecular weight excluding hydrogens is 682 g/mol. The van der Waals surface area contributed by atoms with E-state index in [1.54, 1.807) is 41.8 Å². The first-order valence-corrected chi connectivity index (χ1v) is 23.6. The van der Waals surface area contributed by atoms with Crippen molar-refractivity contribution in [1.82, 2.24) is 0 Å². The van der Waals surface area contributed by atoms with Crippen LogP contribution in [0.15, 0.2) is 83.9 Å². The van der Waals surface area contributed by atoms with Crippen LogP contribution in [0.1, 0.15) is 70.1 Å². The van der Waals surface area contributed by atoms with E-state index in [1.807, 2.05) is 0 Å². The maximum Gasteiger partial charge on any atom is -1.00 e. The van der Waals surface area contributed by atoms with Crippen LogP contribution in [0.5, 0.6) is 0 Å². The minimum Gasteiger partial charge on any atom is -1.00 e. The van der Waals surface area contributed by atoms with Gasteiger partial charge in [0.15, 0.2) is 0 Å². The van der Waals surface area contributed by atoms with Crippen LogP contribution in [0.3, 0.4) is 0 Å². The van der Waals surface area contributed by atoms with Gasteiger partial charge in [-0.05, 0) is 0 Å². The van der Waals surface area contributed by atoms with Crippen molar-refractivity contribution in [2.24, 2.45) is 11.8 Å². The minimum absolute atomic E-state index is 0. The van der Waals surface area contributed by atoms with Crippen LogP contribution in [-0.2, 0) is 20.0 Å². The zero-order chi connectivity index (χ0) is 25.3. The quantitative estimate of drug-likeness (QED) is 0.255. The molecular formula is C36H38Cl2Hf. The predicted octanol–water partition coefficient (Wildman–Crippen LogP) is 4.67. The van der Waals surface area contributed by atoms with Gasteiger partial charge < -0.3 is 24.8 Å². The summed E-state index contributed by atoms with van der Waals surface area (Å²) >= 11 is -2.83. The standard InChI is InChI=1S/2C17H17.C2H4.2ClH.Hf/c2*1-12(2)9-13-10-15-8-7-14-5-3-4-6-16(14)17(15)11-13;1-2;;;/h2*3-8,10-12H,9H2,1-2H3;1-2H2;2*1H;/q;;;;;+2/p-2. The Hall–Kier alpha value is -1.67. The fourth-order valence-electron chi connectivity index (χ4n) is 7.93. The average molecular weight is 720 g/mol. The molecule has 7 rings (SSSR count). The number of fused-ring (bicyclic) bond motifs is 6. The first-order chi connectivity index (χ1) is 18.0. The molecule has 0 aromatic heterocycles. The average Bonchev–Trinajstić information content (AvgIpc) is 3.43. The second-order valence-electron chi connectivity index (χ2n) is 12.8. The molecule has 0 amide bonds. The van der Waals surface area contributed by atoms with E-state index in [2.05, 4.69) is 113 Å². The minimum atomic E-state index is -2.83. The van der Waals surface area contributed by atoms with E-state index in [-0.39, 0.29) is 24.8 Å². The Labute approximate surface area is 251 Å². The topological polar surface area (TPSA) is 0 Å². The van der Waals surface area contributed by atoms with Crippen LogP contribution in [0.2, 0.25) is 8.35 Å². The molecule has 3 heteroatoms. The molecule has 1 heterocycles. The molecule has 1 fully saturated rings. The molecule has 0 saturated carbocycles. The summed E-state index contributed by atoms with van der Waals surface area (Å²) in [6.45, 7) is 9.65. The Kier molecular flexibility index (Phi) is 8.10. The third-order valence-corrected chi connectivity index (χ3v) is 28.4. The summed E-state index contributed by atoms with van der Waals surface area (Å²) < 4.78 is 4.58. The van der Waals surface area contributed by atoms with E-state index < -0.39 is 20.0 Å². The smallest absolute Gasteiger partial charge is 1.00 e. The summed E-state index contributed by atoms with van der Waals surface area (Å²) in [7, 11) is 0. The fraction of sp³-hybridized carbons (Fsp3) is 0.333. The van der Waals surface area contributed by atoms with E-state index in [1.165, 1.54) is 34.4 Å². The molecule has 3 aliphatic rings. The van der Waals surface area contributed by atoms with Crippen molar-refractivity contribution in [1.29, 1.82) is 0 Å². The Balaban J connectivity index is 0.00000154. The summed E-state index contributed by atoms with van der Waals surface area (Å²) in [5.41, 5.74) is 10.0. The molecule has 200 valence electrons. The number of hydrogen-bond donors (Lipinski definition) is 0. The molecule has 1 saturated heterocycles. The third-order valence-electron chi connectivity index (χ3n) is 9.30. The summed E-state index contributed by atoms with van der Waals surface area (Å²) in [4.78, 5) is 0. The molecule has 2 atom stereocenters. The van der Waals surface area contributed by atoms with Crippen molar-refractivity contribution in [2.45, 2.75) is 56.2 Å². The van der Waals surface area contributed by atoms with Gasteiger partial charge in [0, 0.05) is 0 Å². The van der Waals surface area contributed by atoms with Crippen molar-refractivity contribution < 1.29 is 44.8 Å². The number of rotatable bonds is 6. The van der Waals surface area contributed by atoms with Gasteiger partial charge in [-0.15, -0.1) is 0 Å². The number of hydrogen-bond acceptors (Lipinski definition) is 0. The molecule has 4 aromatic rings. The molecule has 0 radical (unpaired) electrons. The maximum absolute atomic E-state index is 2.83. The number of allylic oxidation sites excluding steroid dienone is 2. The Morgan fingerprint density at radius 3 is 1.38 bits per heavy atom. The zero-order valence-corrected chi connectivity index (χ0v) is 28.6. The van der Waals surface area contributed by atoms with Crippen LogP contribution in [0.4, 0.5) is 0 Å². The fourth-order valence-corrected chi connectivity index (χ4v) is 35.8. The Morgan fingerprint density at radius 1 is 0.590 bits per heavy atom. The van der Waals surface area contributed by atoms with Crippen molar-refractivity contribution in [3.63, 3.8) is 0 Å². The molecule has 2 aliphatic carbocycles. The van der Waals surface area contributed by atoms with Crippen LogP contribution in [0.25, 0.3) is 33.7 Å². The third kappa shape index (κ3) is 4.71. The first kappa shape index (κ1) is 28.8. The maximum atomic E-state index is 2.66. The van der Waals surface area contributed by atoms with Gasteiger partial charge in [-0.1, -0.05) is 0 Å². The molecule has 39 heavy (non-hydrogen) atoms. The molecule has 0 N–H and O–H groups in total. The summed E-state index contributed by atoms with van der Waals surface area (Å²) in [5.74, 6) is 1.40. The van der Waals surface area contributed by atoms with Gasteiger partial charge in [0.05, 0.1) is 0 Å². The van der Waals surface area contributed by atoms with E-state index in [0.717, 1.165) is 7.35 Å². The second kappa shape index (κ2) is 11.0. The molecule has 2 unspecified atom stereocenters. The summed E-state index contributed by atoms with van der Waals surface area (Å²) in [6.07, 6.45) is 7.81. The van der Waals surface area contributed by atoms with E-state index in [4.69, 9.17) is 0 Å². The summed E-state index contributed by atoms with van der Waals surface area (Å²) in [6, 6.07) is 28.0. The zero-order valence-electron chi connectivity index (χ0n) is 23.5. The Morgan fingerprint density at radius 2 is 1.00 bits per heavy atom. The van der Waals surface area contributed by atoms with Crippen LogP contribution < -0.4 is 24.8 Å². The number of benzene rings is 4. The predicted molar refractivity (Wildman–Crippen MR) is 158 cm³/mol. The second-order valence-corrected chi connectivity index (χ2v) is 29.4. The van der Waals surface area contributed by atoms with Crippen LogP contribution >= 0.6 is 0 Å². The van der Waals surface area contributed by atoms with Gasteiger partial charge in [-0.25, -0.2) is 0 Å². The van der Waals surface area contributed by atoms with Gasteiger partial charge in [-0.3, -0.25) is 0 Å². The molecule has 0 nitrogen and oxygen atoms in total. The van der Waals surface area contributed by atoms with Crippen molar-refractivity contribution in [2.75, 3.05) is 0 Å². The first-order valence-electron chi connectivity index (χ1n) is 14.4. The van der Waals surface area contributed by atoms with Gasteiger partial charge >= 0.3 is 228 Å². The largest absolute Gasteiger partial charge is 1.00 e. The molecule has 0 bridgehead atoms. The van der Waals surface area contributed by atoms with Crippen molar-refractivity contribution in [3.05, 3.63) is 106 Å². The van der Waals surface area contributed by atoms with E-state index in [9.17, 15) is 0 Å². The monoisotopic (exact) mass is 720 g/mol. The summed E-state index contributed by atoms with van der Waals surface area (Å²) in [5, 5.41) is 5.70. The van der Waals surface area contributed by atoms with E-state index >= 15 is 0 Å². The van der Waals surface area contributed by atoms with E-state index in [0.29, 0.717) is 11.8 Å². The molecule has 0 spiro atoms. The number of halogens is 2. The van der Waals surface area contributed by atoms with Crippen LogP contribution in [0, 0.1) is 11.8 Å². The molecule has 4 aromatic carbocycles. The van der Waals surface area contributed by atoms with Gasteiger partial charge in [0.25, 0.3) is 0 Å². The molecule has 1 aliphatic heterocycles. The van der Waals surface area contributed by atoms with Gasteiger partial charge in [-0.2, -0.15) is 0 Å². The normalized spacial score (nSPS) is 19.5. The van der Waals surface area contributed by atoms with Gasteiger partial charge in [0.1, 0.15) is 0 Å². The van der Waals surface area contributed by atoms with Crippen molar-refractivity contribution in [3.8, 4) is 0 Å². The van der Waals surface area contributed by atoms with Crippen molar-refractivity contribution >= 4 is 33.7 Å². The Bertz CT molecular complexity index is 1490.